The second-order valence-electron chi connectivity index (χ2n) is 8.24. The lowest BCUT2D eigenvalue weighted by molar-refractivity contribution is -0.126. The summed E-state index contributed by atoms with van der Waals surface area (Å²) in [6, 6.07) is 18.9. The minimum atomic E-state index is 0.105. The minimum Gasteiger partial charge on any atom is -0.383 e. The molecule has 0 atom stereocenters. The van der Waals surface area contributed by atoms with Crippen LogP contribution in [-0.4, -0.2) is 48.7 Å². The summed E-state index contributed by atoms with van der Waals surface area (Å²) in [6.45, 7) is 4.72. The fraction of sp³-hybridized carbons (Fsp3) is 0.400. The minimum absolute atomic E-state index is 0.105. The number of ether oxygens (including phenoxy) is 1. The van der Waals surface area contributed by atoms with Crippen molar-refractivity contribution >= 4 is 28.4 Å². The molecule has 31 heavy (non-hydrogen) atoms. The zero-order valence-corrected chi connectivity index (χ0v) is 18.8. The van der Waals surface area contributed by atoms with Gasteiger partial charge in [-0.25, -0.2) is 0 Å². The Labute approximate surface area is 188 Å². The first kappa shape index (κ1) is 21.9. The Kier molecular flexibility index (Phi) is 7.28. The summed E-state index contributed by atoms with van der Waals surface area (Å²) >= 11 is 6.07. The normalized spacial score (nSPS) is 15.4. The number of amides is 1. The Morgan fingerprint density at radius 3 is 2.58 bits per heavy atom. The van der Waals surface area contributed by atoms with E-state index in [0.717, 1.165) is 44.0 Å². The Morgan fingerprint density at radius 2 is 1.84 bits per heavy atom. The van der Waals surface area contributed by atoms with E-state index in [1.54, 1.807) is 7.11 Å². The number of hydrogen-bond acceptors (Lipinski definition) is 3. The molecule has 1 saturated heterocycles. The number of para-hydroxylation sites is 1. The van der Waals surface area contributed by atoms with Crippen molar-refractivity contribution < 1.29 is 9.53 Å². The first-order valence-corrected chi connectivity index (χ1v) is 11.3. The molecule has 0 bridgehead atoms. The summed E-state index contributed by atoms with van der Waals surface area (Å²) < 4.78 is 7.42. The summed E-state index contributed by atoms with van der Waals surface area (Å²) in [6.07, 6.45) is 1.80. The van der Waals surface area contributed by atoms with Crippen molar-refractivity contribution in [1.82, 2.24) is 14.8 Å². The number of methoxy groups -OCH3 is 1. The number of benzene rings is 2. The first-order chi connectivity index (χ1) is 15.1. The topological polar surface area (TPSA) is 46.5 Å². The molecule has 164 valence electrons. The van der Waals surface area contributed by atoms with Gasteiger partial charge in [0, 0.05) is 48.9 Å². The molecular formula is C25H30ClN3O2. The molecular weight excluding hydrogens is 410 g/mol. The van der Waals surface area contributed by atoms with E-state index in [1.807, 2.05) is 12.1 Å². The van der Waals surface area contributed by atoms with Crippen LogP contribution in [0.3, 0.4) is 0 Å². The third-order valence-electron chi connectivity index (χ3n) is 6.10. The smallest absolute Gasteiger partial charge is 0.223 e. The standard InChI is InChI=1S/C25H30ClN3O2/c1-31-15-12-27-25(30)20-10-13-28(14-11-20)18-23-16-21-4-2-3-5-24(21)29(23)17-19-6-8-22(26)9-7-19/h2-9,16,20H,10-15,17-18H2,1H3,(H,27,30). The highest BCUT2D eigenvalue weighted by Gasteiger charge is 2.25. The lowest BCUT2D eigenvalue weighted by Gasteiger charge is -2.31. The molecule has 2 heterocycles. The van der Waals surface area contributed by atoms with Gasteiger partial charge in [-0.15, -0.1) is 0 Å². The van der Waals surface area contributed by atoms with Crippen molar-refractivity contribution in [3.8, 4) is 0 Å². The molecule has 1 aromatic heterocycles. The van der Waals surface area contributed by atoms with Gasteiger partial charge in [0.25, 0.3) is 0 Å². The summed E-state index contributed by atoms with van der Waals surface area (Å²) in [4.78, 5) is 14.8. The Hall–Kier alpha value is -2.34. The Balaban J connectivity index is 1.44. The fourth-order valence-electron chi connectivity index (χ4n) is 4.36. The number of hydrogen-bond donors (Lipinski definition) is 1. The van der Waals surface area contributed by atoms with Crippen molar-refractivity contribution in [2.24, 2.45) is 5.92 Å². The first-order valence-electron chi connectivity index (χ1n) is 10.9. The Bertz CT molecular complexity index is 1010. The van der Waals surface area contributed by atoms with E-state index in [4.69, 9.17) is 16.3 Å². The van der Waals surface area contributed by atoms with Gasteiger partial charge >= 0.3 is 0 Å². The summed E-state index contributed by atoms with van der Waals surface area (Å²) in [5.41, 5.74) is 3.79. The van der Waals surface area contributed by atoms with E-state index in [-0.39, 0.29) is 11.8 Å². The highest BCUT2D eigenvalue weighted by molar-refractivity contribution is 6.30. The van der Waals surface area contributed by atoms with Crippen LogP contribution in [0.1, 0.15) is 24.1 Å². The number of fused-ring (bicyclic) bond motifs is 1. The zero-order valence-electron chi connectivity index (χ0n) is 18.0. The molecule has 1 amide bonds. The molecule has 0 spiro atoms. The quantitative estimate of drug-likeness (QED) is 0.532. The van der Waals surface area contributed by atoms with Gasteiger partial charge in [-0.3, -0.25) is 9.69 Å². The van der Waals surface area contributed by atoms with Crippen molar-refractivity contribution in [3.63, 3.8) is 0 Å². The van der Waals surface area contributed by atoms with E-state index < -0.39 is 0 Å². The van der Waals surface area contributed by atoms with Gasteiger partial charge in [0.2, 0.25) is 5.91 Å². The average molecular weight is 440 g/mol. The maximum atomic E-state index is 12.3. The van der Waals surface area contributed by atoms with Crippen LogP contribution in [-0.2, 0) is 22.6 Å². The van der Waals surface area contributed by atoms with Crippen molar-refractivity contribution in [1.29, 1.82) is 0 Å². The van der Waals surface area contributed by atoms with Gasteiger partial charge in [0.05, 0.1) is 6.61 Å². The molecule has 6 heteroatoms. The maximum Gasteiger partial charge on any atom is 0.223 e. The van der Waals surface area contributed by atoms with Crippen LogP contribution in [0.25, 0.3) is 10.9 Å². The number of carbonyl (C=O) groups excluding carboxylic acids is 1. The molecule has 0 unspecified atom stereocenters. The largest absolute Gasteiger partial charge is 0.383 e. The number of piperidine rings is 1. The van der Waals surface area contributed by atoms with Gasteiger partial charge in [0.15, 0.2) is 0 Å². The molecule has 0 radical (unpaired) electrons. The molecule has 0 aliphatic carbocycles. The summed E-state index contributed by atoms with van der Waals surface area (Å²) in [5, 5.41) is 5.00. The number of rotatable bonds is 8. The molecule has 1 fully saturated rings. The monoisotopic (exact) mass is 439 g/mol. The van der Waals surface area contributed by atoms with Crippen LogP contribution in [0.5, 0.6) is 0 Å². The van der Waals surface area contributed by atoms with Crippen LogP contribution in [0.2, 0.25) is 5.02 Å². The van der Waals surface area contributed by atoms with Crippen LogP contribution in [0.15, 0.2) is 54.6 Å². The summed E-state index contributed by atoms with van der Waals surface area (Å²) in [5.74, 6) is 0.265. The highest BCUT2D eigenvalue weighted by atomic mass is 35.5. The fourth-order valence-corrected chi connectivity index (χ4v) is 4.49. The predicted molar refractivity (Wildman–Crippen MR) is 125 cm³/mol. The van der Waals surface area contributed by atoms with E-state index in [1.165, 1.54) is 22.2 Å². The number of nitrogens with zero attached hydrogens (tertiary/aromatic N) is 2. The second kappa shape index (κ2) is 10.3. The van der Waals surface area contributed by atoms with Gasteiger partial charge in [-0.2, -0.15) is 0 Å². The number of halogens is 1. The molecule has 2 aromatic carbocycles. The van der Waals surface area contributed by atoms with Crippen LogP contribution >= 0.6 is 11.6 Å². The zero-order chi connectivity index (χ0) is 21.6. The van der Waals surface area contributed by atoms with Crippen molar-refractivity contribution in [2.75, 3.05) is 33.4 Å². The van der Waals surface area contributed by atoms with Crippen molar-refractivity contribution in [2.45, 2.75) is 25.9 Å². The predicted octanol–water partition coefficient (Wildman–Crippen LogP) is 4.32. The van der Waals surface area contributed by atoms with E-state index in [2.05, 4.69) is 57.2 Å². The summed E-state index contributed by atoms with van der Waals surface area (Å²) in [7, 11) is 1.65. The molecule has 1 aliphatic heterocycles. The van der Waals surface area contributed by atoms with Crippen molar-refractivity contribution in [3.05, 3.63) is 70.9 Å². The molecule has 5 nitrogen and oxygen atoms in total. The van der Waals surface area contributed by atoms with Crippen LogP contribution < -0.4 is 5.32 Å². The number of aromatic nitrogens is 1. The molecule has 4 rings (SSSR count). The number of nitrogens with one attached hydrogen (secondary N) is 1. The number of likely N-dealkylation sites (tertiary alicyclic amines) is 1. The third-order valence-corrected chi connectivity index (χ3v) is 6.35. The molecule has 1 aliphatic rings. The van der Waals surface area contributed by atoms with Gasteiger partial charge in [-0.05, 0) is 61.1 Å². The average Bonchev–Trinajstić information content (AvgIpc) is 3.13. The third kappa shape index (κ3) is 5.48. The Morgan fingerprint density at radius 1 is 1.10 bits per heavy atom. The van der Waals surface area contributed by atoms with E-state index in [9.17, 15) is 4.79 Å². The molecule has 0 saturated carbocycles. The van der Waals surface area contributed by atoms with Gasteiger partial charge < -0.3 is 14.6 Å². The molecule has 1 N–H and O–H groups in total. The lowest BCUT2D eigenvalue weighted by atomic mass is 9.96. The second-order valence-corrected chi connectivity index (χ2v) is 8.68. The van der Waals surface area contributed by atoms with Crippen LogP contribution in [0, 0.1) is 5.92 Å². The molecule has 3 aromatic rings. The SMILES string of the molecule is COCCNC(=O)C1CCN(Cc2cc3ccccc3n2Cc2ccc(Cl)cc2)CC1. The highest BCUT2D eigenvalue weighted by Crippen LogP contribution is 2.25. The van der Waals surface area contributed by atoms with E-state index in [0.29, 0.717) is 13.2 Å². The van der Waals surface area contributed by atoms with Gasteiger partial charge in [0.1, 0.15) is 0 Å². The van der Waals surface area contributed by atoms with Gasteiger partial charge in [-0.1, -0.05) is 41.9 Å². The van der Waals surface area contributed by atoms with E-state index >= 15 is 0 Å². The van der Waals surface area contributed by atoms with Crippen LogP contribution in [0.4, 0.5) is 0 Å². The maximum absolute atomic E-state index is 12.3. The number of carbonyl (C=O) groups is 1. The lowest BCUT2D eigenvalue weighted by Crippen LogP contribution is -2.41.